The molecule has 0 amide bonds. The Balaban J connectivity index is 2.42. The van der Waals surface area contributed by atoms with E-state index in [9.17, 15) is 4.79 Å². The quantitative estimate of drug-likeness (QED) is 0.655. The van der Waals surface area contributed by atoms with Gasteiger partial charge in [-0.15, -0.1) is 0 Å². The number of ether oxygens (including phenoxy) is 1. The fourth-order valence-electron chi connectivity index (χ4n) is 2.97. The second-order valence-corrected chi connectivity index (χ2v) is 5.74. The average Bonchev–Trinajstić information content (AvgIpc) is 2.38. The van der Waals surface area contributed by atoms with Gasteiger partial charge in [-0.25, -0.2) is 0 Å². The smallest absolute Gasteiger partial charge is 0.305 e. The van der Waals surface area contributed by atoms with E-state index in [4.69, 9.17) is 9.84 Å². The number of carboxylic acid groups (broad SMARTS) is 1. The van der Waals surface area contributed by atoms with Crippen molar-refractivity contribution in [2.45, 2.75) is 63.8 Å². The van der Waals surface area contributed by atoms with Crippen LogP contribution in [-0.4, -0.2) is 48.3 Å². The predicted molar refractivity (Wildman–Crippen MR) is 76.4 cm³/mol. The van der Waals surface area contributed by atoms with Crippen LogP contribution in [0.2, 0.25) is 0 Å². The van der Waals surface area contributed by atoms with Gasteiger partial charge in [-0.1, -0.05) is 32.6 Å². The van der Waals surface area contributed by atoms with Gasteiger partial charge in [0.2, 0.25) is 0 Å². The van der Waals surface area contributed by atoms with E-state index in [2.05, 4.69) is 18.9 Å². The fourth-order valence-corrected chi connectivity index (χ4v) is 2.97. The van der Waals surface area contributed by atoms with Crippen molar-refractivity contribution >= 4 is 5.97 Å². The summed E-state index contributed by atoms with van der Waals surface area (Å²) in [6.45, 7) is 4.50. The maximum Gasteiger partial charge on any atom is 0.305 e. The maximum atomic E-state index is 11.1. The number of rotatable bonds is 9. The Labute approximate surface area is 117 Å². The number of carbonyl (C=O) groups is 1. The first kappa shape index (κ1) is 16.4. The molecule has 0 bridgehead atoms. The molecular weight excluding hydrogens is 242 g/mol. The summed E-state index contributed by atoms with van der Waals surface area (Å²) in [5.74, 6) is -0.680. The van der Waals surface area contributed by atoms with Gasteiger partial charge in [0.05, 0.1) is 13.0 Å². The minimum absolute atomic E-state index is 0.141. The van der Waals surface area contributed by atoms with E-state index in [0.29, 0.717) is 6.61 Å². The van der Waals surface area contributed by atoms with E-state index < -0.39 is 5.97 Å². The van der Waals surface area contributed by atoms with Crippen molar-refractivity contribution in [3.63, 3.8) is 0 Å². The van der Waals surface area contributed by atoms with Crippen molar-refractivity contribution in [3.8, 4) is 0 Å². The normalized spacial score (nSPS) is 18.7. The van der Waals surface area contributed by atoms with E-state index in [1.54, 1.807) is 0 Å². The molecule has 0 radical (unpaired) electrons. The molecule has 0 aromatic carbocycles. The second-order valence-electron chi connectivity index (χ2n) is 5.74. The van der Waals surface area contributed by atoms with Gasteiger partial charge in [-0.3, -0.25) is 9.69 Å². The Hall–Kier alpha value is -0.610. The molecule has 19 heavy (non-hydrogen) atoms. The largest absolute Gasteiger partial charge is 0.481 e. The number of aliphatic carboxylic acids is 1. The molecule has 4 nitrogen and oxygen atoms in total. The number of hydrogen-bond acceptors (Lipinski definition) is 3. The molecule has 0 aromatic rings. The van der Waals surface area contributed by atoms with Crippen LogP contribution in [0.15, 0.2) is 0 Å². The molecule has 4 heteroatoms. The zero-order valence-electron chi connectivity index (χ0n) is 12.5. The van der Waals surface area contributed by atoms with Crippen LogP contribution < -0.4 is 0 Å². The molecule has 112 valence electrons. The number of nitrogens with zero attached hydrogens (tertiary/aromatic N) is 1. The molecule has 0 atom stereocenters. The number of likely N-dealkylation sites (N-methyl/N-ethyl adjacent to an activating group) is 1. The summed E-state index contributed by atoms with van der Waals surface area (Å²) in [6.07, 6.45) is 8.06. The van der Waals surface area contributed by atoms with Gasteiger partial charge in [-0.2, -0.15) is 0 Å². The molecule has 0 spiro atoms. The fraction of sp³-hybridized carbons (Fsp3) is 0.933. The standard InChI is InChI=1S/C15H29NO3/c1-3-4-11-19-12-10-16(2)15(13-14(17)18)8-6-5-7-9-15/h3-13H2,1-2H3,(H,17,18). The Morgan fingerprint density at radius 1 is 1.26 bits per heavy atom. The SMILES string of the molecule is CCCCOCCN(C)C1(CC(=O)O)CCCCC1. The predicted octanol–water partition coefficient (Wildman–Crippen LogP) is 2.91. The summed E-state index contributed by atoms with van der Waals surface area (Å²) >= 11 is 0. The second kappa shape index (κ2) is 8.54. The van der Waals surface area contributed by atoms with Crippen molar-refractivity contribution < 1.29 is 14.6 Å². The summed E-state index contributed by atoms with van der Waals surface area (Å²) in [5, 5.41) is 9.16. The molecule has 0 aliphatic heterocycles. The molecule has 0 aromatic heterocycles. The molecule has 0 saturated heterocycles. The first-order chi connectivity index (χ1) is 9.10. The summed E-state index contributed by atoms with van der Waals surface area (Å²) in [5.41, 5.74) is -0.141. The van der Waals surface area contributed by atoms with Gasteiger partial charge >= 0.3 is 5.97 Å². The van der Waals surface area contributed by atoms with Crippen LogP contribution in [-0.2, 0) is 9.53 Å². The first-order valence-corrected chi connectivity index (χ1v) is 7.61. The van der Waals surface area contributed by atoms with Crippen LogP contribution in [0.4, 0.5) is 0 Å². The lowest BCUT2D eigenvalue weighted by molar-refractivity contribution is -0.141. The highest BCUT2D eigenvalue weighted by Gasteiger charge is 2.37. The lowest BCUT2D eigenvalue weighted by atomic mass is 9.78. The summed E-state index contributed by atoms with van der Waals surface area (Å²) in [4.78, 5) is 13.4. The maximum absolute atomic E-state index is 11.1. The van der Waals surface area contributed by atoms with Gasteiger partial charge in [0, 0.05) is 18.7 Å². The van der Waals surface area contributed by atoms with E-state index in [1.165, 1.54) is 6.42 Å². The highest BCUT2D eigenvalue weighted by molar-refractivity contribution is 5.68. The zero-order valence-corrected chi connectivity index (χ0v) is 12.5. The van der Waals surface area contributed by atoms with E-state index >= 15 is 0 Å². The Morgan fingerprint density at radius 3 is 2.53 bits per heavy atom. The molecule has 1 fully saturated rings. The van der Waals surface area contributed by atoms with E-state index in [-0.39, 0.29) is 12.0 Å². The van der Waals surface area contributed by atoms with Crippen molar-refractivity contribution in [2.24, 2.45) is 0 Å². The summed E-state index contributed by atoms with van der Waals surface area (Å²) < 4.78 is 5.60. The van der Waals surface area contributed by atoms with Crippen molar-refractivity contribution in [1.82, 2.24) is 4.90 Å². The Bertz CT molecular complexity index is 262. The highest BCUT2D eigenvalue weighted by atomic mass is 16.5. The molecule has 0 heterocycles. The lowest BCUT2D eigenvalue weighted by Gasteiger charge is -2.44. The van der Waals surface area contributed by atoms with Gasteiger partial charge in [0.1, 0.15) is 0 Å². The van der Waals surface area contributed by atoms with Crippen molar-refractivity contribution in [1.29, 1.82) is 0 Å². The third kappa shape index (κ3) is 5.49. The van der Waals surface area contributed by atoms with Crippen LogP contribution in [0.25, 0.3) is 0 Å². The topological polar surface area (TPSA) is 49.8 Å². The van der Waals surface area contributed by atoms with Gasteiger partial charge in [0.25, 0.3) is 0 Å². The molecule has 1 aliphatic carbocycles. The van der Waals surface area contributed by atoms with Crippen molar-refractivity contribution in [3.05, 3.63) is 0 Å². The monoisotopic (exact) mass is 271 g/mol. The number of unbranched alkanes of at least 4 members (excludes halogenated alkanes) is 1. The first-order valence-electron chi connectivity index (χ1n) is 7.61. The highest BCUT2D eigenvalue weighted by Crippen LogP contribution is 2.35. The molecule has 1 aliphatic rings. The number of carboxylic acids is 1. The minimum Gasteiger partial charge on any atom is -0.481 e. The lowest BCUT2D eigenvalue weighted by Crippen LogP contribution is -2.50. The zero-order chi connectivity index (χ0) is 14.1. The van der Waals surface area contributed by atoms with Crippen molar-refractivity contribution in [2.75, 3.05) is 26.8 Å². The summed E-state index contributed by atoms with van der Waals surface area (Å²) in [7, 11) is 2.05. The molecule has 1 N–H and O–H groups in total. The van der Waals surface area contributed by atoms with Gasteiger partial charge in [0.15, 0.2) is 0 Å². The third-order valence-electron chi connectivity index (χ3n) is 4.29. The molecule has 1 saturated carbocycles. The molecular formula is C15H29NO3. The van der Waals surface area contributed by atoms with Crippen LogP contribution in [0.3, 0.4) is 0 Å². The van der Waals surface area contributed by atoms with Crippen LogP contribution in [0.5, 0.6) is 0 Å². The van der Waals surface area contributed by atoms with Crippen LogP contribution >= 0.6 is 0 Å². The van der Waals surface area contributed by atoms with E-state index in [0.717, 1.165) is 51.7 Å². The van der Waals surface area contributed by atoms with Gasteiger partial charge < -0.3 is 9.84 Å². The van der Waals surface area contributed by atoms with Crippen LogP contribution in [0, 0.1) is 0 Å². The van der Waals surface area contributed by atoms with Crippen LogP contribution in [0.1, 0.15) is 58.3 Å². The van der Waals surface area contributed by atoms with Gasteiger partial charge in [-0.05, 0) is 26.3 Å². The Kier molecular flexibility index (Phi) is 7.39. The number of hydrogen-bond donors (Lipinski definition) is 1. The third-order valence-corrected chi connectivity index (χ3v) is 4.29. The Morgan fingerprint density at radius 2 is 1.95 bits per heavy atom. The summed E-state index contributed by atoms with van der Waals surface area (Å²) in [6, 6.07) is 0. The van der Waals surface area contributed by atoms with E-state index in [1.807, 2.05) is 0 Å². The molecule has 0 unspecified atom stereocenters. The minimum atomic E-state index is -0.680. The molecule has 1 rings (SSSR count). The average molecular weight is 271 g/mol.